The van der Waals surface area contributed by atoms with Crippen LogP contribution in [0.2, 0.25) is 0 Å². The smallest absolute Gasteiger partial charge is 0.246 e. The third-order valence-electron chi connectivity index (χ3n) is 8.17. The Balaban J connectivity index is 1.09. The van der Waals surface area contributed by atoms with E-state index in [2.05, 4.69) is 29.2 Å². The highest BCUT2D eigenvalue weighted by Crippen LogP contribution is 2.39. The van der Waals surface area contributed by atoms with Gasteiger partial charge in [-0.1, -0.05) is 30.3 Å². The lowest BCUT2D eigenvalue weighted by Crippen LogP contribution is -2.49. The van der Waals surface area contributed by atoms with Crippen LogP contribution in [-0.4, -0.2) is 95.0 Å². The summed E-state index contributed by atoms with van der Waals surface area (Å²) in [7, 11) is 0.651. The summed E-state index contributed by atoms with van der Waals surface area (Å²) >= 11 is 0. The largest absolute Gasteiger partial charge is 0.370 e. The van der Waals surface area contributed by atoms with Crippen LogP contribution < -0.4 is 5.32 Å². The molecule has 10 heteroatoms. The zero-order valence-electron chi connectivity index (χ0n) is 23.7. The van der Waals surface area contributed by atoms with Crippen molar-refractivity contribution < 1.29 is 22.3 Å². The van der Waals surface area contributed by atoms with Gasteiger partial charge in [0.05, 0.1) is 11.5 Å². The summed E-state index contributed by atoms with van der Waals surface area (Å²) in [5, 5.41) is 3.02. The van der Waals surface area contributed by atoms with Crippen LogP contribution in [-0.2, 0) is 19.6 Å². The molecule has 8 nitrogen and oxygen atoms in total. The topological polar surface area (TPSA) is 82.2 Å². The molecular weight excluding hydrogens is 531 g/mol. The predicted molar refractivity (Wildman–Crippen MR) is 154 cm³/mol. The summed E-state index contributed by atoms with van der Waals surface area (Å²) in [4.78, 5) is 17.0. The van der Waals surface area contributed by atoms with Gasteiger partial charge in [-0.05, 0) is 81.4 Å². The van der Waals surface area contributed by atoms with E-state index in [4.69, 9.17) is 4.74 Å². The zero-order chi connectivity index (χ0) is 28.5. The number of hydrogen-bond donors (Lipinski definition) is 1. The van der Waals surface area contributed by atoms with Crippen LogP contribution in [0, 0.1) is 17.7 Å². The van der Waals surface area contributed by atoms with Gasteiger partial charge in [0.1, 0.15) is 12.4 Å². The number of amides is 1. The van der Waals surface area contributed by atoms with E-state index >= 15 is 0 Å². The number of ether oxygens (including phenoxy) is 1. The molecule has 2 aliphatic rings. The second-order valence-electron chi connectivity index (χ2n) is 11.2. The van der Waals surface area contributed by atoms with Gasteiger partial charge in [-0.25, -0.2) is 12.8 Å². The first-order valence-electron chi connectivity index (χ1n) is 14.3. The van der Waals surface area contributed by atoms with Crippen LogP contribution in [0.4, 0.5) is 4.39 Å². The van der Waals surface area contributed by atoms with Gasteiger partial charge in [-0.2, -0.15) is 4.31 Å². The summed E-state index contributed by atoms with van der Waals surface area (Å²) in [6.45, 7) is 3.93. The van der Waals surface area contributed by atoms with Gasteiger partial charge in [-0.3, -0.25) is 9.69 Å². The van der Waals surface area contributed by atoms with Crippen LogP contribution in [0.25, 0.3) is 0 Å². The molecule has 1 saturated heterocycles. The number of benzene rings is 2. The highest BCUT2D eigenvalue weighted by molar-refractivity contribution is 7.89. The van der Waals surface area contributed by atoms with Crippen LogP contribution >= 0.6 is 0 Å². The first kappa shape index (κ1) is 30.6. The quantitative estimate of drug-likeness (QED) is 0.392. The summed E-state index contributed by atoms with van der Waals surface area (Å²) < 4.78 is 46.5. The average molecular weight is 575 g/mol. The maximum absolute atomic E-state index is 13.8. The van der Waals surface area contributed by atoms with Gasteiger partial charge < -0.3 is 15.0 Å². The molecule has 2 aromatic carbocycles. The molecule has 0 aromatic heterocycles. The minimum Gasteiger partial charge on any atom is -0.370 e. The lowest BCUT2D eigenvalue weighted by atomic mass is 9.76. The van der Waals surface area contributed by atoms with Crippen LogP contribution in [0.3, 0.4) is 0 Å². The molecule has 1 saturated carbocycles. The van der Waals surface area contributed by atoms with E-state index in [-0.39, 0.29) is 24.4 Å². The highest BCUT2D eigenvalue weighted by atomic mass is 32.2. The number of hydrogen-bond acceptors (Lipinski definition) is 6. The van der Waals surface area contributed by atoms with Crippen LogP contribution in [0.1, 0.15) is 37.3 Å². The lowest BCUT2D eigenvalue weighted by molar-refractivity contribution is -0.126. The molecule has 220 valence electrons. The van der Waals surface area contributed by atoms with Gasteiger partial charge in [0.15, 0.2) is 0 Å². The van der Waals surface area contributed by atoms with Crippen molar-refractivity contribution >= 4 is 15.9 Å². The fourth-order valence-corrected chi connectivity index (χ4v) is 7.44. The molecular formula is C30H43FN4O4S. The van der Waals surface area contributed by atoms with E-state index in [0.717, 1.165) is 31.2 Å². The fraction of sp³-hybridized carbons (Fsp3) is 0.567. The normalized spacial score (nSPS) is 21.8. The average Bonchev–Trinajstić information content (AvgIpc) is 2.95. The molecule has 0 spiro atoms. The molecule has 1 heterocycles. The molecule has 1 aliphatic carbocycles. The van der Waals surface area contributed by atoms with Gasteiger partial charge in [0.2, 0.25) is 15.9 Å². The Hall–Kier alpha value is -2.37. The van der Waals surface area contributed by atoms with E-state index < -0.39 is 10.0 Å². The first-order valence-corrected chi connectivity index (χ1v) is 15.7. The number of rotatable bonds is 12. The maximum Gasteiger partial charge on any atom is 0.246 e. The molecule has 1 N–H and O–H groups in total. The Morgan fingerprint density at radius 2 is 1.73 bits per heavy atom. The molecule has 2 fully saturated rings. The van der Waals surface area contributed by atoms with Crippen molar-refractivity contribution in [2.45, 2.75) is 36.6 Å². The van der Waals surface area contributed by atoms with Gasteiger partial charge >= 0.3 is 0 Å². The standard InChI is InChI=1S/C30H43FN4O4S/c1-33(2)30(26-7-6-8-27(31)21-26)25-13-11-24(12-14-25)22-32-29(36)23-39-20-19-34-15-17-35(18-16-34)40(37,38)28-9-4-3-5-10-28/h3-10,21,24-25,30H,11-20,22-23H2,1-2H3,(H,32,36). The molecule has 1 aliphatic heterocycles. The predicted octanol–water partition coefficient (Wildman–Crippen LogP) is 3.37. The molecule has 1 unspecified atom stereocenters. The third kappa shape index (κ3) is 8.33. The highest BCUT2D eigenvalue weighted by Gasteiger charge is 2.31. The summed E-state index contributed by atoms with van der Waals surface area (Å²) in [6, 6.07) is 15.6. The first-order chi connectivity index (χ1) is 19.2. The van der Waals surface area contributed by atoms with Crippen molar-refractivity contribution in [3.8, 4) is 0 Å². The van der Waals surface area contributed by atoms with Crippen molar-refractivity contribution in [2.24, 2.45) is 11.8 Å². The molecule has 1 amide bonds. The number of nitrogens with zero attached hydrogens (tertiary/aromatic N) is 3. The van der Waals surface area contributed by atoms with Crippen molar-refractivity contribution in [2.75, 3.05) is 66.6 Å². The second-order valence-corrected chi connectivity index (χ2v) is 13.1. The number of nitrogens with one attached hydrogen (secondary N) is 1. The molecule has 2 aromatic rings. The fourth-order valence-electron chi connectivity index (χ4n) is 5.99. The Bertz CT molecular complexity index is 1180. The van der Waals surface area contributed by atoms with Crippen LogP contribution in [0.15, 0.2) is 59.5 Å². The molecule has 4 rings (SSSR count). The second kappa shape index (κ2) is 14.5. The van der Waals surface area contributed by atoms with Crippen molar-refractivity contribution in [3.63, 3.8) is 0 Å². The summed E-state index contributed by atoms with van der Waals surface area (Å²) in [5.41, 5.74) is 1.03. The Morgan fingerprint density at radius 3 is 2.38 bits per heavy atom. The number of piperazine rings is 1. The Kier molecular flexibility index (Phi) is 11.1. The van der Waals surface area contributed by atoms with E-state index in [1.54, 1.807) is 42.5 Å². The minimum absolute atomic E-state index is 0.0277. The van der Waals surface area contributed by atoms with Crippen molar-refractivity contribution in [3.05, 3.63) is 66.0 Å². The van der Waals surface area contributed by atoms with Gasteiger partial charge in [-0.15, -0.1) is 0 Å². The van der Waals surface area contributed by atoms with E-state index in [1.165, 1.54) is 10.4 Å². The summed E-state index contributed by atoms with van der Waals surface area (Å²) in [5.74, 6) is 0.609. The van der Waals surface area contributed by atoms with E-state index in [0.29, 0.717) is 62.6 Å². The number of halogens is 1. The van der Waals surface area contributed by atoms with Gasteiger partial charge in [0.25, 0.3) is 0 Å². The Morgan fingerprint density at radius 1 is 1.02 bits per heavy atom. The van der Waals surface area contributed by atoms with Gasteiger partial charge in [0, 0.05) is 45.3 Å². The van der Waals surface area contributed by atoms with Crippen LogP contribution in [0.5, 0.6) is 0 Å². The number of carbonyl (C=O) groups excluding carboxylic acids is 1. The molecule has 40 heavy (non-hydrogen) atoms. The van der Waals surface area contributed by atoms with E-state index in [9.17, 15) is 17.6 Å². The lowest BCUT2D eigenvalue weighted by Gasteiger charge is -2.37. The third-order valence-corrected chi connectivity index (χ3v) is 10.1. The van der Waals surface area contributed by atoms with E-state index in [1.807, 2.05) is 6.07 Å². The maximum atomic E-state index is 13.8. The molecule has 1 atom stereocenters. The Labute approximate surface area is 238 Å². The molecule has 0 radical (unpaired) electrons. The minimum atomic E-state index is -3.46. The summed E-state index contributed by atoms with van der Waals surface area (Å²) in [6.07, 6.45) is 4.18. The molecule has 0 bridgehead atoms. The number of carbonyl (C=O) groups is 1. The zero-order valence-corrected chi connectivity index (χ0v) is 24.5. The number of sulfonamides is 1. The van der Waals surface area contributed by atoms with Crippen molar-refractivity contribution in [1.82, 2.24) is 19.4 Å². The van der Waals surface area contributed by atoms with Crippen molar-refractivity contribution in [1.29, 1.82) is 0 Å². The monoisotopic (exact) mass is 574 g/mol. The SMILES string of the molecule is CN(C)C(c1cccc(F)c1)C1CCC(CNC(=O)COCCN2CCN(S(=O)(=O)c3ccccc3)CC2)CC1.